The monoisotopic (exact) mass is 182 g/mol. The third-order valence-electron chi connectivity index (χ3n) is 1.65. The van der Waals surface area contributed by atoms with Crippen molar-refractivity contribution in [1.29, 1.82) is 0 Å². The largest absolute Gasteiger partial charge is 0.338 e. The lowest BCUT2D eigenvalue weighted by atomic mass is 10.3. The molecule has 5 heteroatoms. The van der Waals surface area contributed by atoms with Crippen LogP contribution in [0.3, 0.4) is 0 Å². The highest BCUT2D eigenvalue weighted by atomic mass is 16.2. The van der Waals surface area contributed by atoms with Crippen LogP contribution < -0.4 is 5.32 Å². The van der Waals surface area contributed by atoms with Gasteiger partial charge in [-0.05, 0) is 6.92 Å². The Balaban J connectivity index is 2.41. The van der Waals surface area contributed by atoms with Crippen molar-refractivity contribution in [1.82, 2.24) is 20.4 Å². The van der Waals surface area contributed by atoms with Gasteiger partial charge in [-0.1, -0.05) is 0 Å². The summed E-state index contributed by atoms with van der Waals surface area (Å²) in [5, 5.41) is 9.21. The van der Waals surface area contributed by atoms with E-state index < -0.39 is 0 Å². The van der Waals surface area contributed by atoms with E-state index in [0.29, 0.717) is 13.1 Å². The smallest absolute Gasteiger partial charge is 0.317 e. The van der Waals surface area contributed by atoms with Crippen molar-refractivity contribution in [2.75, 3.05) is 13.6 Å². The second-order valence-electron chi connectivity index (χ2n) is 2.80. The molecule has 1 aromatic rings. The van der Waals surface area contributed by atoms with E-state index in [9.17, 15) is 4.79 Å². The molecule has 0 aliphatic rings. The third kappa shape index (κ3) is 2.77. The molecular weight excluding hydrogens is 168 g/mol. The number of hydrogen-bond acceptors (Lipinski definition) is 2. The SMILES string of the molecule is CCNC(=O)N(C)Cc1cn[nH]c1. The topological polar surface area (TPSA) is 61.0 Å². The van der Waals surface area contributed by atoms with Gasteiger partial charge in [0.2, 0.25) is 0 Å². The molecule has 0 fully saturated rings. The number of nitrogens with one attached hydrogen (secondary N) is 2. The summed E-state index contributed by atoms with van der Waals surface area (Å²) in [6.07, 6.45) is 3.48. The van der Waals surface area contributed by atoms with E-state index in [-0.39, 0.29) is 6.03 Å². The highest BCUT2D eigenvalue weighted by Gasteiger charge is 2.07. The highest BCUT2D eigenvalue weighted by Crippen LogP contribution is 1.98. The summed E-state index contributed by atoms with van der Waals surface area (Å²) in [5.41, 5.74) is 0.994. The second-order valence-corrected chi connectivity index (χ2v) is 2.80. The average molecular weight is 182 g/mol. The van der Waals surface area contributed by atoms with E-state index in [4.69, 9.17) is 0 Å². The predicted octanol–water partition coefficient (Wildman–Crippen LogP) is 0.571. The first kappa shape index (κ1) is 9.57. The van der Waals surface area contributed by atoms with Gasteiger partial charge < -0.3 is 10.2 Å². The van der Waals surface area contributed by atoms with Gasteiger partial charge >= 0.3 is 6.03 Å². The first-order chi connectivity index (χ1) is 6.24. The number of amides is 2. The molecule has 0 atom stereocenters. The number of nitrogens with zero attached hydrogens (tertiary/aromatic N) is 2. The normalized spacial score (nSPS) is 9.69. The molecule has 5 nitrogen and oxygen atoms in total. The number of aromatic nitrogens is 2. The van der Waals surface area contributed by atoms with Crippen LogP contribution in [-0.2, 0) is 6.54 Å². The van der Waals surface area contributed by atoms with Crippen LogP contribution in [0.25, 0.3) is 0 Å². The van der Waals surface area contributed by atoms with Crippen molar-refractivity contribution in [2.45, 2.75) is 13.5 Å². The van der Waals surface area contributed by atoms with Crippen LogP contribution in [0, 0.1) is 0 Å². The lowest BCUT2D eigenvalue weighted by Crippen LogP contribution is -2.36. The summed E-state index contributed by atoms with van der Waals surface area (Å²) >= 11 is 0. The van der Waals surface area contributed by atoms with Crippen molar-refractivity contribution < 1.29 is 4.79 Å². The minimum Gasteiger partial charge on any atom is -0.338 e. The van der Waals surface area contributed by atoms with E-state index in [1.165, 1.54) is 0 Å². The van der Waals surface area contributed by atoms with E-state index >= 15 is 0 Å². The molecule has 1 rings (SSSR count). The number of carbonyl (C=O) groups excluding carboxylic acids is 1. The Hall–Kier alpha value is -1.52. The van der Waals surface area contributed by atoms with Gasteiger partial charge in [0, 0.05) is 25.4 Å². The van der Waals surface area contributed by atoms with Crippen LogP contribution >= 0.6 is 0 Å². The molecule has 13 heavy (non-hydrogen) atoms. The second kappa shape index (κ2) is 4.49. The van der Waals surface area contributed by atoms with Gasteiger partial charge in [-0.25, -0.2) is 4.79 Å². The zero-order chi connectivity index (χ0) is 9.68. The van der Waals surface area contributed by atoms with E-state index in [1.807, 2.05) is 6.92 Å². The maximum absolute atomic E-state index is 11.3. The quantitative estimate of drug-likeness (QED) is 0.718. The van der Waals surface area contributed by atoms with Gasteiger partial charge in [0.15, 0.2) is 0 Å². The van der Waals surface area contributed by atoms with Crippen LogP contribution in [0.4, 0.5) is 4.79 Å². The number of urea groups is 1. The van der Waals surface area contributed by atoms with Crippen LogP contribution in [0.15, 0.2) is 12.4 Å². The van der Waals surface area contributed by atoms with E-state index in [2.05, 4.69) is 15.5 Å². The number of rotatable bonds is 3. The summed E-state index contributed by atoms with van der Waals surface area (Å²) < 4.78 is 0. The fraction of sp³-hybridized carbons (Fsp3) is 0.500. The fourth-order valence-electron chi connectivity index (χ4n) is 0.996. The average Bonchev–Trinajstić information content (AvgIpc) is 2.57. The molecule has 0 radical (unpaired) electrons. The standard InChI is InChI=1S/C8H14N4O/c1-3-9-8(13)12(2)6-7-4-10-11-5-7/h4-5H,3,6H2,1-2H3,(H,9,13)(H,10,11). The highest BCUT2D eigenvalue weighted by molar-refractivity contribution is 5.73. The number of hydrogen-bond donors (Lipinski definition) is 2. The molecule has 72 valence electrons. The van der Waals surface area contributed by atoms with Crippen molar-refractivity contribution in [3.05, 3.63) is 18.0 Å². The fourth-order valence-corrected chi connectivity index (χ4v) is 0.996. The molecule has 0 unspecified atom stereocenters. The van der Waals surface area contributed by atoms with Gasteiger partial charge in [0.1, 0.15) is 0 Å². The van der Waals surface area contributed by atoms with Gasteiger partial charge in [0.05, 0.1) is 12.7 Å². The Morgan fingerprint density at radius 1 is 1.77 bits per heavy atom. The van der Waals surface area contributed by atoms with Crippen molar-refractivity contribution in [3.63, 3.8) is 0 Å². The number of aromatic amines is 1. The van der Waals surface area contributed by atoms with E-state index in [1.54, 1.807) is 24.3 Å². The molecular formula is C8H14N4O. The van der Waals surface area contributed by atoms with Crippen LogP contribution in [0.1, 0.15) is 12.5 Å². The molecule has 0 bridgehead atoms. The molecule has 0 spiro atoms. The Kier molecular flexibility index (Phi) is 3.31. The number of carbonyl (C=O) groups is 1. The zero-order valence-corrected chi connectivity index (χ0v) is 7.87. The first-order valence-corrected chi connectivity index (χ1v) is 4.20. The lowest BCUT2D eigenvalue weighted by Gasteiger charge is -2.15. The molecule has 0 aromatic carbocycles. The maximum atomic E-state index is 11.3. The Labute approximate surface area is 77.1 Å². The first-order valence-electron chi connectivity index (χ1n) is 4.20. The molecule has 1 heterocycles. The Morgan fingerprint density at radius 2 is 2.54 bits per heavy atom. The van der Waals surface area contributed by atoms with E-state index in [0.717, 1.165) is 5.56 Å². The van der Waals surface area contributed by atoms with Crippen molar-refractivity contribution >= 4 is 6.03 Å². The van der Waals surface area contributed by atoms with Crippen molar-refractivity contribution in [2.24, 2.45) is 0 Å². The third-order valence-corrected chi connectivity index (χ3v) is 1.65. The summed E-state index contributed by atoms with van der Waals surface area (Å²) in [4.78, 5) is 12.9. The summed E-state index contributed by atoms with van der Waals surface area (Å²) in [6.45, 7) is 3.11. The maximum Gasteiger partial charge on any atom is 0.317 e. The molecule has 0 aliphatic heterocycles. The Morgan fingerprint density at radius 3 is 3.08 bits per heavy atom. The minimum absolute atomic E-state index is 0.0660. The summed E-state index contributed by atoms with van der Waals surface area (Å²) in [5.74, 6) is 0. The summed E-state index contributed by atoms with van der Waals surface area (Å²) in [6, 6.07) is -0.0660. The molecule has 0 saturated carbocycles. The van der Waals surface area contributed by atoms with Crippen LogP contribution in [0.2, 0.25) is 0 Å². The van der Waals surface area contributed by atoms with Crippen LogP contribution in [-0.4, -0.2) is 34.7 Å². The van der Waals surface area contributed by atoms with Crippen molar-refractivity contribution in [3.8, 4) is 0 Å². The molecule has 2 amide bonds. The molecule has 0 aliphatic carbocycles. The van der Waals surface area contributed by atoms with Gasteiger partial charge in [0.25, 0.3) is 0 Å². The predicted molar refractivity (Wildman–Crippen MR) is 49.1 cm³/mol. The molecule has 2 N–H and O–H groups in total. The minimum atomic E-state index is -0.0660. The van der Waals surface area contributed by atoms with Gasteiger partial charge in [-0.2, -0.15) is 5.10 Å². The molecule has 0 saturated heterocycles. The van der Waals surface area contributed by atoms with Gasteiger partial charge in [-0.3, -0.25) is 5.10 Å². The zero-order valence-electron chi connectivity index (χ0n) is 7.87. The summed E-state index contributed by atoms with van der Waals surface area (Å²) in [7, 11) is 1.75. The lowest BCUT2D eigenvalue weighted by molar-refractivity contribution is 0.207. The van der Waals surface area contributed by atoms with Crippen LogP contribution in [0.5, 0.6) is 0 Å². The Bertz CT molecular complexity index is 257. The molecule has 1 aromatic heterocycles. The number of H-pyrrole nitrogens is 1. The van der Waals surface area contributed by atoms with Gasteiger partial charge in [-0.15, -0.1) is 0 Å².